The first-order valence-corrected chi connectivity index (χ1v) is 6.92. The summed E-state index contributed by atoms with van der Waals surface area (Å²) in [6.07, 6.45) is 2.56. The molecule has 0 aliphatic carbocycles. The zero-order chi connectivity index (χ0) is 14.1. The fourth-order valence-corrected chi connectivity index (χ4v) is 1.99. The summed E-state index contributed by atoms with van der Waals surface area (Å²) >= 11 is 0. The largest absolute Gasteiger partial charge is 0.381 e. The molecule has 2 nitrogen and oxygen atoms in total. The topological polar surface area (TPSA) is 21.3 Å². The van der Waals surface area contributed by atoms with Crippen molar-refractivity contribution < 1.29 is 13.5 Å². The van der Waals surface area contributed by atoms with E-state index in [-0.39, 0.29) is 6.04 Å². The molecule has 0 radical (unpaired) electrons. The van der Waals surface area contributed by atoms with Crippen molar-refractivity contribution in [1.82, 2.24) is 5.32 Å². The van der Waals surface area contributed by atoms with Gasteiger partial charge in [-0.25, -0.2) is 8.78 Å². The quantitative estimate of drug-likeness (QED) is 0.696. The van der Waals surface area contributed by atoms with Crippen molar-refractivity contribution in [2.24, 2.45) is 0 Å². The predicted molar refractivity (Wildman–Crippen MR) is 73.3 cm³/mol. The molecule has 19 heavy (non-hydrogen) atoms. The second-order valence-corrected chi connectivity index (χ2v) is 4.61. The third-order valence-corrected chi connectivity index (χ3v) is 2.92. The van der Waals surface area contributed by atoms with E-state index < -0.39 is 11.6 Å². The van der Waals surface area contributed by atoms with Crippen molar-refractivity contribution in [3.8, 4) is 0 Å². The summed E-state index contributed by atoms with van der Waals surface area (Å²) in [5, 5.41) is 3.35. The van der Waals surface area contributed by atoms with E-state index in [0.29, 0.717) is 13.0 Å². The molecule has 1 aromatic rings. The third kappa shape index (κ3) is 6.12. The maximum atomic E-state index is 13.1. The molecule has 1 atom stereocenters. The van der Waals surface area contributed by atoms with Crippen LogP contribution in [0.2, 0.25) is 0 Å². The van der Waals surface area contributed by atoms with Crippen LogP contribution in [0.4, 0.5) is 8.78 Å². The maximum Gasteiger partial charge on any atom is 0.159 e. The van der Waals surface area contributed by atoms with Gasteiger partial charge >= 0.3 is 0 Å². The minimum absolute atomic E-state index is 0.228. The Balaban J connectivity index is 2.49. The zero-order valence-corrected chi connectivity index (χ0v) is 11.7. The molecule has 0 aliphatic rings. The van der Waals surface area contributed by atoms with E-state index in [1.807, 2.05) is 6.92 Å². The average molecular weight is 271 g/mol. The van der Waals surface area contributed by atoms with Crippen LogP contribution in [0.15, 0.2) is 18.2 Å². The lowest BCUT2D eigenvalue weighted by atomic mass is 10.0. The Bertz CT molecular complexity index is 371. The maximum absolute atomic E-state index is 13.1. The number of ether oxygens (including phenoxy) is 1. The Morgan fingerprint density at radius 3 is 2.58 bits per heavy atom. The van der Waals surface area contributed by atoms with Crippen molar-refractivity contribution in [3.05, 3.63) is 35.4 Å². The summed E-state index contributed by atoms with van der Waals surface area (Å²) in [5.41, 5.74) is 0.806. The smallest absolute Gasteiger partial charge is 0.159 e. The van der Waals surface area contributed by atoms with Crippen LogP contribution < -0.4 is 5.32 Å². The summed E-state index contributed by atoms with van der Waals surface area (Å²) in [4.78, 5) is 0. The lowest BCUT2D eigenvalue weighted by molar-refractivity contribution is 0.124. The van der Waals surface area contributed by atoms with Gasteiger partial charge in [-0.1, -0.05) is 19.9 Å². The fourth-order valence-electron chi connectivity index (χ4n) is 1.99. The average Bonchev–Trinajstić information content (AvgIpc) is 2.39. The minimum Gasteiger partial charge on any atom is -0.381 e. The molecule has 4 heteroatoms. The standard InChI is InChI=1S/C15H23F2NO/c1-3-8-19-9-7-13(18-4-2)10-12-5-6-14(16)15(17)11-12/h5-6,11,13,18H,3-4,7-10H2,1-2H3. The molecule has 108 valence electrons. The molecule has 0 aromatic heterocycles. The molecule has 1 rings (SSSR count). The van der Waals surface area contributed by atoms with Crippen LogP contribution >= 0.6 is 0 Å². The van der Waals surface area contributed by atoms with Gasteiger partial charge in [-0.05, 0) is 43.5 Å². The molecular formula is C15H23F2NO. The Morgan fingerprint density at radius 1 is 1.16 bits per heavy atom. The molecule has 1 aromatic carbocycles. The van der Waals surface area contributed by atoms with Gasteiger partial charge in [-0.2, -0.15) is 0 Å². The molecule has 0 aliphatic heterocycles. The molecule has 0 saturated carbocycles. The van der Waals surface area contributed by atoms with Crippen molar-refractivity contribution in [2.45, 2.75) is 39.2 Å². The normalized spacial score (nSPS) is 12.6. The number of benzene rings is 1. The first kappa shape index (κ1) is 16.1. The van der Waals surface area contributed by atoms with E-state index >= 15 is 0 Å². The number of halogens is 2. The minimum atomic E-state index is -0.796. The number of rotatable bonds is 9. The van der Waals surface area contributed by atoms with Crippen LogP contribution in [0.25, 0.3) is 0 Å². The zero-order valence-electron chi connectivity index (χ0n) is 11.7. The molecule has 0 heterocycles. The van der Waals surface area contributed by atoms with E-state index in [1.165, 1.54) is 12.1 Å². The van der Waals surface area contributed by atoms with Crippen LogP contribution in [0.1, 0.15) is 32.3 Å². The number of nitrogens with one attached hydrogen (secondary N) is 1. The van der Waals surface area contributed by atoms with Crippen LogP contribution in [0, 0.1) is 11.6 Å². The van der Waals surface area contributed by atoms with Crippen molar-refractivity contribution in [2.75, 3.05) is 19.8 Å². The van der Waals surface area contributed by atoms with Gasteiger partial charge in [-0.3, -0.25) is 0 Å². The highest BCUT2D eigenvalue weighted by Crippen LogP contribution is 2.12. The van der Waals surface area contributed by atoms with Gasteiger partial charge in [0.2, 0.25) is 0 Å². The van der Waals surface area contributed by atoms with Gasteiger partial charge in [0.25, 0.3) is 0 Å². The number of hydrogen-bond acceptors (Lipinski definition) is 2. The SMILES string of the molecule is CCCOCCC(Cc1ccc(F)c(F)c1)NCC. The summed E-state index contributed by atoms with van der Waals surface area (Å²) in [7, 11) is 0. The van der Waals surface area contributed by atoms with E-state index in [2.05, 4.69) is 12.2 Å². The van der Waals surface area contributed by atoms with Gasteiger partial charge in [-0.15, -0.1) is 0 Å². The van der Waals surface area contributed by atoms with Crippen LogP contribution in [-0.2, 0) is 11.2 Å². The van der Waals surface area contributed by atoms with Gasteiger partial charge in [0.1, 0.15) is 0 Å². The van der Waals surface area contributed by atoms with Crippen LogP contribution in [-0.4, -0.2) is 25.8 Å². The Kier molecular flexibility index (Phi) is 7.60. The molecule has 0 bridgehead atoms. The second-order valence-electron chi connectivity index (χ2n) is 4.61. The summed E-state index contributed by atoms with van der Waals surface area (Å²) in [5.74, 6) is -1.58. The van der Waals surface area contributed by atoms with Gasteiger partial charge in [0.05, 0.1) is 0 Å². The summed E-state index contributed by atoms with van der Waals surface area (Å²) in [6, 6.07) is 4.32. The van der Waals surface area contributed by atoms with E-state index in [0.717, 1.165) is 31.6 Å². The molecule has 1 unspecified atom stereocenters. The Morgan fingerprint density at radius 2 is 1.95 bits per heavy atom. The molecule has 0 spiro atoms. The predicted octanol–water partition coefficient (Wildman–Crippen LogP) is 3.30. The van der Waals surface area contributed by atoms with Crippen molar-refractivity contribution in [1.29, 1.82) is 0 Å². The van der Waals surface area contributed by atoms with Gasteiger partial charge < -0.3 is 10.1 Å². The molecule has 0 saturated heterocycles. The van der Waals surface area contributed by atoms with E-state index in [4.69, 9.17) is 4.74 Å². The Hall–Kier alpha value is -1.00. The second kappa shape index (κ2) is 8.99. The third-order valence-electron chi connectivity index (χ3n) is 2.92. The van der Waals surface area contributed by atoms with Gasteiger partial charge in [0, 0.05) is 19.3 Å². The molecule has 0 amide bonds. The number of hydrogen-bond donors (Lipinski definition) is 1. The molecular weight excluding hydrogens is 248 g/mol. The highest BCUT2D eigenvalue weighted by Gasteiger charge is 2.10. The van der Waals surface area contributed by atoms with Gasteiger partial charge in [0.15, 0.2) is 11.6 Å². The van der Waals surface area contributed by atoms with Crippen molar-refractivity contribution >= 4 is 0 Å². The van der Waals surface area contributed by atoms with E-state index in [9.17, 15) is 8.78 Å². The first-order valence-electron chi connectivity index (χ1n) is 6.92. The fraction of sp³-hybridized carbons (Fsp3) is 0.600. The summed E-state index contributed by atoms with van der Waals surface area (Å²) < 4.78 is 31.5. The summed E-state index contributed by atoms with van der Waals surface area (Å²) in [6.45, 7) is 6.41. The molecule has 1 N–H and O–H groups in total. The lowest BCUT2D eigenvalue weighted by Crippen LogP contribution is -2.32. The highest BCUT2D eigenvalue weighted by atomic mass is 19.2. The first-order chi connectivity index (χ1) is 9.17. The lowest BCUT2D eigenvalue weighted by Gasteiger charge is -2.18. The Labute approximate surface area is 114 Å². The highest BCUT2D eigenvalue weighted by molar-refractivity contribution is 5.18. The van der Waals surface area contributed by atoms with Crippen molar-refractivity contribution in [3.63, 3.8) is 0 Å². The van der Waals surface area contributed by atoms with Crippen LogP contribution in [0.3, 0.4) is 0 Å². The number of likely N-dealkylation sites (N-methyl/N-ethyl adjacent to an activating group) is 1. The monoisotopic (exact) mass is 271 g/mol. The van der Waals surface area contributed by atoms with Crippen LogP contribution in [0.5, 0.6) is 0 Å². The van der Waals surface area contributed by atoms with E-state index in [1.54, 1.807) is 6.07 Å². The molecule has 0 fully saturated rings.